The summed E-state index contributed by atoms with van der Waals surface area (Å²) >= 11 is 5.18. The van der Waals surface area contributed by atoms with Crippen LogP contribution in [0.4, 0.5) is 5.69 Å². The van der Waals surface area contributed by atoms with Gasteiger partial charge < -0.3 is 19.5 Å². The average molecular weight is 401 g/mol. The number of hydrogen-bond acceptors (Lipinski definition) is 5. The van der Waals surface area contributed by atoms with Gasteiger partial charge in [-0.15, -0.1) is 0 Å². The summed E-state index contributed by atoms with van der Waals surface area (Å²) in [5.74, 6) is 1.16. The van der Waals surface area contributed by atoms with Crippen LogP contribution in [0.25, 0.3) is 6.08 Å². The first-order chi connectivity index (χ1) is 13.6. The summed E-state index contributed by atoms with van der Waals surface area (Å²) in [5.41, 5.74) is 1.61. The second-order valence-corrected chi connectivity index (χ2v) is 6.06. The maximum absolute atomic E-state index is 12.0. The molecule has 7 heteroatoms. The average Bonchev–Trinajstić information content (AvgIpc) is 2.68. The molecule has 0 atom stereocenters. The van der Waals surface area contributed by atoms with Crippen molar-refractivity contribution in [1.29, 1.82) is 0 Å². The lowest BCUT2D eigenvalue weighted by molar-refractivity contribution is -0.115. The summed E-state index contributed by atoms with van der Waals surface area (Å²) in [6, 6.07) is 14.8. The monoisotopic (exact) mass is 400 g/mol. The van der Waals surface area contributed by atoms with Gasteiger partial charge in [0, 0.05) is 24.9 Å². The van der Waals surface area contributed by atoms with Crippen LogP contribution in [0.2, 0.25) is 0 Å². The summed E-state index contributed by atoms with van der Waals surface area (Å²) in [5, 5.41) is 5.78. The van der Waals surface area contributed by atoms with Crippen molar-refractivity contribution < 1.29 is 19.0 Å². The minimum absolute atomic E-state index is 0.204. The molecule has 0 aromatic heterocycles. The van der Waals surface area contributed by atoms with Crippen LogP contribution in [0.5, 0.6) is 11.5 Å². The van der Waals surface area contributed by atoms with E-state index < -0.39 is 0 Å². The smallest absolute Gasteiger partial charge is 0.250 e. The fourth-order valence-corrected chi connectivity index (χ4v) is 2.45. The fraction of sp³-hybridized carbons (Fsp3) is 0.238. The maximum Gasteiger partial charge on any atom is 0.250 e. The zero-order valence-electron chi connectivity index (χ0n) is 15.9. The molecular formula is C21H24N2O4S. The van der Waals surface area contributed by atoms with Crippen molar-refractivity contribution in [3.63, 3.8) is 0 Å². The van der Waals surface area contributed by atoms with Gasteiger partial charge in [0.15, 0.2) is 5.11 Å². The van der Waals surface area contributed by atoms with E-state index in [0.29, 0.717) is 25.6 Å². The number of thiocarbonyl (C=S) groups is 1. The molecule has 0 saturated carbocycles. The molecule has 0 saturated heterocycles. The summed E-state index contributed by atoms with van der Waals surface area (Å²) in [7, 11) is 1.62. The Kier molecular flexibility index (Phi) is 8.97. The highest BCUT2D eigenvalue weighted by Gasteiger charge is 2.03. The van der Waals surface area contributed by atoms with Gasteiger partial charge in [-0.2, -0.15) is 0 Å². The predicted molar refractivity (Wildman–Crippen MR) is 115 cm³/mol. The second kappa shape index (κ2) is 11.7. The molecule has 6 nitrogen and oxygen atoms in total. The van der Waals surface area contributed by atoms with E-state index in [-0.39, 0.29) is 11.0 Å². The highest BCUT2D eigenvalue weighted by Crippen LogP contribution is 2.17. The topological polar surface area (TPSA) is 68.8 Å². The number of nitrogens with one attached hydrogen (secondary N) is 2. The number of carbonyl (C=O) groups is 1. The number of rotatable bonds is 9. The van der Waals surface area contributed by atoms with E-state index in [1.165, 1.54) is 6.08 Å². The summed E-state index contributed by atoms with van der Waals surface area (Å²) < 4.78 is 15.9. The first-order valence-electron chi connectivity index (χ1n) is 8.85. The van der Waals surface area contributed by atoms with Crippen molar-refractivity contribution in [2.24, 2.45) is 0 Å². The summed E-state index contributed by atoms with van der Waals surface area (Å²) in [6.07, 6.45) is 3.13. The molecule has 0 fully saturated rings. The normalized spacial score (nSPS) is 10.5. The number of carbonyl (C=O) groups excluding carboxylic acids is 1. The third kappa shape index (κ3) is 7.77. The standard InChI is InChI=1S/C21H24N2O4S/c1-3-26-18-10-7-16(8-11-18)9-12-20(24)23-21(28)22-17-5-4-6-19(15-17)27-14-13-25-2/h4-12,15H,3,13-14H2,1-2H3,(H2,22,23,24,28)/b12-9+. The summed E-state index contributed by atoms with van der Waals surface area (Å²) in [4.78, 5) is 12.0. The van der Waals surface area contributed by atoms with E-state index in [4.69, 9.17) is 26.4 Å². The van der Waals surface area contributed by atoms with Crippen molar-refractivity contribution in [3.8, 4) is 11.5 Å². The first kappa shape index (κ1) is 21.4. The highest BCUT2D eigenvalue weighted by molar-refractivity contribution is 7.80. The van der Waals surface area contributed by atoms with Gasteiger partial charge >= 0.3 is 0 Å². The Labute approximate surface area is 170 Å². The molecule has 0 bridgehead atoms. The van der Waals surface area contributed by atoms with Gasteiger partial charge in [-0.1, -0.05) is 18.2 Å². The van der Waals surface area contributed by atoms with Crippen molar-refractivity contribution >= 4 is 35.0 Å². The number of anilines is 1. The lowest BCUT2D eigenvalue weighted by Crippen LogP contribution is -2.32. The number of benzene rings is 2. The molecular weight excluding hydrogens is 376 g/mol. The fourth-order valence-electron chi connectivity index (χ4n) is 2.24. The SMILES string of the molecule is CCOc1ccc(/C=C/C(=O)NC(=S)Nc2cccc(OCCOC)c2)cc1. The van der Waals surface area contributed by atoms with Crippen molar-refractivity contribution in [2.45, 2.75) is 6.92 Å². The molecule has 0 aliphatic carbocycles. The second-order valence-electron chi connectivity index (χ2n) is 5.65. The van der Waals surface area contributed by atoms with Gasteiger partial charge in [0.2, 0.25) is 5.91 Å². The highest BCUT2D eigenvalue weighted by atomic mass is 32.1. The molecule has 0 aliphatic rings. The van der Waals surface area contributed by atoms with Crippen LogP contribution in [0.1, 0.15) is 12.5 Å². The van der Waals surface area contributed by atoms with E-state index in [0.717, 1.165) is 17.0 Å². The van der Waals surface area contributed by atoms with Gasteiger partial charge in [0.05, 0.1) is 13.2 Å². The van der Waals surface area contributed by atoms with E-state index in [1.807, 2.05) is 49.4 Å². The minimum Gasteiger partial charge on any atom is -0.494 e. The van der Waals surface area contributed by atoms with E-state index in [9.17, 15) is 4.79 Å². The lowest BCUT2D eigenvalue weighted by atomic mass is 10.2. The zero-order chi connectivity index (χ0) is 20.2. The predicted octanol–water partition coefficient (Wildman–Crippen LogP) is 3.64. The minimum atomic E-state index is -0.320. The van der Waals surface area contributed by atoms with Gasteiger partial charge in [0.25, 0.3) is 0 Å². The number of hydrogen-bond donors (Lipinski definition) is 2. The molecule has 2 N–H and O–H groups in total. The van der Waals surface area contributed by atoms with Crippen LogP contribution >= 0.6 is 12.2 Å². The molecule has 1 amide bonds. The molecule has 148 valence electrons. The molecule has 2 aromatic rings. The van der Waals surface area contributed by atoms with Crippen molar-refractivity contribution in [1.82, 2.24) is 5.32 Å². The molecule has 0 aliphatic heterocycles. The van der Waals surface area contributed by atoms with Crippen molar-refractivity contribution in [2.75, 3.05) is 32.2 Å². The van der Waals surface area contributed by atoms with E-state index in [1.54, 1.807) is 19.3 Å². The van der Waals surface area contributed by atoms with Crippen LogP contribution in [0.3, 0.4) is 0 Å². The Bertz CT molecular complexity index is 806. The van der Waals surface area contributed by atoms with Gasteiger partial charge in [-0.05, 0) is 55.0 Å². The molecule has 28 heavy (non-hydrogen) atoms. The van der Waals surface area contributed by atoms with Gasteiger partial charge in [-0.25, -0.2) is 0 Å². The first-order valence-corrected chi connectivity index (χ1v) is 9.26. The molecule has 0 spiro atoms. The Morgan fingerprint density at radius 3 is 2.57 bits per heavy atom. The van der Waals surface area contributed by atoms with Crippen LogP contribution in [-0.2, 0) is 9.53 Å². The molecule has 0 radical (unpaired) electrons. The largest absolute Gasteiger partial charge is 0.494 e. The summed E-state index contributed by atoms with van der Waals surface area (Å²) in [6.45, 7) is 3.51. The zero-order valence-corrected chi connectivity index (χ0v) is 16.8. The third-order valence-corrected chi connectivity index (χ3v) is 3.71. The van der Waals surface area contributed by atoms with Crippen LogP contribution in [0.15, 0.2) is 54.6 Å². The maximum atomic E-state index is 12.0. The molecule has 2 rings (SSSR count). The van der Waals surface area contributed by atoms with Crippen LogP contribution in [-0.4, -0.2) is 38.0 Å². The number of amides is 1. The van der Waals surface area contributed by atoms with Crippen molar-refractivity contribution in [3.05, 3.63) is 60.2 Å². The van der Waals surface area contributed by atoms with Gasteiger partial charge in [0.1, 0.15) is 18.1 Å². The molecule has 0 unspecified atom stereocenters. The van der Waals surface area contributed by atoms with Gasteiger partial charge in [-0.3, -0.25) is 10.1 Å². The third-order valence-electron chi connectivity index (χ3n) is 3.50. The quantitative estimate of drug-likeness (QED) is 0.381. The number of ether oxygens (including phenoxy) is 3. The van der Waals surface area contributed by atoms with Crippen LogP contribution < -0.4 is 20.1 Å². The number of methoxy groups -OCH3 is 1. The molecule has 2 aromatic carbocycles. The van der Waals surface area contributed by atoms with E-state index >= 15 is 0 Å². The Balaban J connectivity index is 1.83. The lowest BCUT2D eigenvalue weighted by Gasteiger charge is -2.10. The van der Waals surface area contributed by atoms with E-state index in [2.05, 4.69) is 10.6 Å². The Hall–Kier alpha value is -2.90. The Morgan fingerprint density at radius 2 is 1.86 bits per heavy atom. The molecule has 0 heterocycles. The van der Waals surface area contributed by atoms with Crippen LogP contribution in [0, 0.1) is 0 Å². The Morgan fingerprint density at radius 1 is 1.07 bits per heavy atom.